The Morgan fingerprint density at radius 3 is 2.89 bits per heavy atom. The molecule has 1 N–H and O–H groups in total. The van der Waals surface area contributed by atoms with Crippen LogP contribution in [0.2, 0.25) is 10.2 Å². The zero-order valence-electron chi connectivity index (χ0n) is 9.22. The lowest BCUT2D eigenvalue weighted by molar-refractivity contribution is 0.203. The van der Waals surface area contributed by atoms with Crippen molar-refractivity contribution < 1.29 is 9.53 Å². The van der Waals surface area contributed by atoms with Crippen LogP contribution >= 0.6 is 23.2 Å². The molecule has 2 aromatic heterocycles. The first kappa shape index (κ1) is 12.7. The monoisotopic (exact) mass is 286 g/mol. The van der Waals surface area contributed by atoms with Crippen molar-refractivity contribution in [2.75, 3.05) is 7.05 Å². The van der Waals surface area contributed by atoms with E-state index in [1.165, 1.54) is 24.1 Å². The highest BCUT2D eigenvalue weighted by atomic mass is 35.5. The summed E-state index contributed by atoms with van der Waals surface area (Å²) in [6, 6.07) is 1.65. The van der Waals surface area contributed by atoms with Gasteiger partial charge in [0.1, 0.15) is 0 Å². The van der Waals surface area contributed by atoms with Crippen LogP contribution in [0, 0.1) is 0 Å². The van der Waals surface area contributed by atoms with Crippen molar-refractivity contribution in [3.8, 4) is 11.4 Å². The molecule has 18 heavy (non-hydrogen) atoms. The van der Waals surface area contributed by atoms with Crippen molar-refractivity contribution in [1.82, 2.24) is 20.1 Å². The van der Waals surface area contributed by atoms with Gasteiger partial charge in [0.25, 0.3) is 0 Å². The summed E-state index contributed by atoms with van der Waals surface area (Å²) in [7, 11) is 1.45. The number of halogens is 2. The first-order chi connectivity index (χ1) is 8.60. The third-order valence-electron chi connectivity index (χ3n) is 2.00. The number of rotatable bonds is 2. The van der Waals surface area contributed by atoms with Gasteiger partial charge in [0.15, 0.2) is 10.9 Å². The molecule has 0 radical (unpaired) electrons. The molecule has 0 saturated carbocycles. The number of hydrogen-bond acceptors (Lipinski definition) is 4. The van der Waals surface area contributed by atoms with E-state index in [9.17, 15) is 4.79 Å². The predicted octanol–water partition coefficient (Wildman–Crippen LogP) is 2.29. The van der Waals surface area contributed by atoms with Crippen molar-refractivity contribution in [2.45, 2.75) is 0 Å². The molecule has 0 aliphatic carbocycles. The van der Waals surface area contributed by atoms with Crippen LogP contribution in [0.5, 0.6) is 5.75 Å². The molecule has 0 atom stereocenters. The fourth-order valence-corrected chi connectivity index (χ4v) is 1.55. The number of aromatic nitrogens is 3. The Balaban J connectivity index is 2.31. The van der Waals surface area contributed by atoms with Crippen LogP contribution in [0.3, 0.4) is 0 Å². The molecule has 1 amide bonds. The number of amides is 1. The van der Waals surface area contributed by atoms with Gasteiger partial charge in [-0.1, -0.05) is 23.2 Å². The number of carbonyl (C=O) groups is 1. The SMILES string of the molecule is CNC(=O)Oc1cn(-c2cncc(Cl)c2)nc1Cl. The van der Waals surface area contributed by atoms with E-state index in [2.05, 4.69) is 15.4 Å². The minimum atomic E-state index is -0.624. The second-order valence-corrected chi connectivity index (χ2v) is 4.02. The number of hydrogen-bond donors (Lipinski definition) is 1. The maximum atomic E-state index is 11.1. The molecule has 2 rings (SSSR count). The van der Waals surface area contributed by atoms with Crippen LogP contribution in [0.4, 0.5) is 4.79 Å². The predicted molar refractivity (Wildman–Crippen MR) is 66.5 cm³/mol. The maximum Gasteiger partial charge on any atom is 0.412 e. The Morgan fingerprint density at radius 1 is 1.44 bits per heavy atom. The van der Waals surface area contributed by atoms with Gasteiger partial charge in [-0.25, -0.2) is 9.48 Å². The fraction of sp³-hybridized carbons (Fsp3) is 0.100. The second-order valence-electron chi connectivity index (χ2n) is 3.23. The minimum Gasteiger partial charge on any atom is -0.405 e. The van der Waals surface area contributed by atoms with Crippen LogP contribution in [0.25, 0.3) is 5.69 Å². The van der Waals surface area contributed by atoms with Gasteiger partial charge in [-0.2, -0.15) is 5.10 Å². The fourth-order valence-electron chi connectivity index (χ4n) is 1.21. The van der Waals surface area contributed by atoms with E-state index in [1.54, 1.807) is 12.3 Å². The van der Waals surface area contributed by atoms with Gasteiger partial charge in [-0.3, -0.25) is 4.98 Å². The average molecular weight is 287 g/mol. The molecule has 94 valence electrons. The van der Waals surface area contributed by atoms with Crippen molar-refractivity contribution in [2.24, 2.45) is 0 Å². The molecule has 0 bridgehead atoms. The van der Waals surface area contributed by atoms with Crippen LogP contribution in [0.1, 0.15) is 0 Å². The molecule has 2 heterocycles. The molecule has 0 spiro atoms. The molecule has 6 nitrogen and oxygen atoms in total. The summed E-state index contributed by atoms with van der Waals surface area (Å²) in [5.74, 6) is 0.149. The van der Waals surface area contributed by atoms with Gasteiger partial charge in [-0.05, 0) is 6.07 Å². The molecule has 0 aliphatic rings. The smallest absolute Gasteiger partial charge is 0.405 e. The molecule has 0 aromatic carbocycles. The van der Waals surface area contributed by atoms with Gasteiger partial charge in [0.05, 0.1) is 23.1 Å². The molecular weight excluding hydrogens is 279 g/mol. The van der Waals surface area contributed by atoms with Gasteiger partial charge in [0, 0.05) is 13.2 Å². The number of pyridine rings is 1. The van der Waals surface area contributed by atoms with Crippen molar-refractivity contribution in [3.05, 3.63) is 34.8 Å². The van der Waals surface area contributed by atoms with Crippen molar-refractivity contribution >= 4 is 29.3 Å². The van der Waals surface area contributed by atoms with Crippen molar-refractivity contribution in [3.63, 3.8) is 0 Å². The van der Waals surface area contributed by atoms with E-state index in [-0.39, 0.29) is 10.9 Å². The van der Waals surface area contributed by atoms with Crippen LogP contribution in [-0.4, -0.2) is 27.9 Å². The summed E-state index contributed by atoms with van der Waals surface area (Å²) in [6.07, 6.45) is 3.89. The van der Waals surface area contributed by atoms with E-state index in [4.69, 9.17) is 27.9 Å². The lowest BCUT2D eigenvalue weighted by Crippen LogP contribution is -2.21. The maximum absolute atomic E-state index is 11.1. The number of ether oxygens (including phenoxy) is 1. The van der Waals surface area contributed by atoms with Gasteiger partial charge < -0.3 is 10.1 Å². The van der Waals surface area contributed by atoms with Crippen LogP contribution in [0.15, 0.2) is 24.7 Å². The van der Waals surface area contributed by atoms with E-state index < -0.39 is 6.09 Å². The summed E-state index contributed by atoms with van der Waals surface area (Å²) in [5, 5.41) is 6.83. The van der Waals surface area contributed by atoms with Gasteiger partial charge in [0.2, 0.25) is 0 Å². The summed E-state index contributed by atoms with van der Waals surface area (Å²) in [4.78, 5) is 15.0. The first-order valence-electron chi connectivity index (χ1n) is 4.86. The number of carbonyl (C=O) groups excluding carboxylic acids is 1. The topological polar surface area (TPSA) is 69.0 Å². The number of nitrogens with one attached hydrogen (secondary N) is 1. The van der Waals surface area contributed by atoms with E-state index in [0.29, 0.717) is 10.7 Å². The third-order valence-corrected chi connectivity index (χ3v) is 2.47. The summed E-state index contributed by atoms with van der Waals surface area (Å²) < 4.78 is 6.32. The van der Waals surface area contributed by atoms with Gasteiger partial charge >= 0.3 is 6.09 Å². The Morgan fingerprint density at radius 2 is 2.22 bits per heavy atom. The third kappa shape index (κ3) is 2.72. The zero-order chi connectivity index (χ0) is 13.1. The zero-order valence-corrected chi connectivity index (χ0v) is 10.7. The van der Waals surface area contributed by atoms with Gasteiger partial charge in [-0.15, -0.1) is 0 Å². The molecule has 0 aliphatic heterocycles. The molecule has 0 saturated heterocycles. The Bertz CT molecular complexity index is 585. The average Bonchev–Trinajstić information content (AvgIpc) is 2.71. The summed E-state index contributed by atoms with van der Waals surface area (Å²) in [5.41, 5.74) is 0.608. The highest BCUT2D eigenvalue weighted by Gasteiger charge is 2.12. The van der Waals surface area contributed by atoms with E-state index >= 15 is 0 Å². The quantitative estimate of drug-likeness (QED) is 0.920. The molecule has 2 aromatic rings. The molecular formula is C10H8Cl2N4O2. The van der Waals surface area contributed by atoms with E-state index in [1.807, 2.05) is 0 Å². The molecule has 0 unspecified atom stereocenters. The second kappa shape index (κ2) is 5.24. The largest absolute Gasteiger partial charge is 0.412 e. The Labute approximate surface area is 112 Å². The van der Waals surface area contributed by atoms with Crippen molar-refractivity contribution in [1.29, 1.82) is 0 Å². The van der Waals surface area contributed by atoms with Crippen LogP contribution in [-0.2, 0) is 0 Å². The summed E-state index contributed by atoms with van der Waals surface area (Å²) in [6.45, 7) is 0. The Hall–Kier alpha value is -1.79. The molecule has 8 heteroatoms. The minimum absolute atomic E-state index is 0.0681. The highest BCUT2D eigenvalue weighted by Crippen LogP contribution is 2.24. The highest BCUT2D eigenvalue weighted by molar-refractivity contribution is 6.31. The Kier molecular flexibility index (Phi) is 3.69. The lowest BCUT2D eigenvalue weighted by atomic mass is 10.4. The lowest BCUT2D eigenvalue weighted by Gasteiger charge is -2.00. The number of nitrogens with zero attached hydrogens (tertiary/aromatic N) is 3. The van der Waals surface area contributed by atoms with E-state index in [0.717, 1.165) is 0 Å². The first-order valence-corrected chi connectivity index (χ1v) is 5.61. The molecule has 0 fully saturated rings. The summed E-state index contributed by atoms with van der Waals surface area (Å²) >= 11 is 11.7. The van der Waals surface area contributed by atoms with Crippen LogP contribution < -0.4 is 10.1 Å². The standard InChI is InChI=1S/C10H8Cl2N4O2/c1-13-10(17)18-8-5-16(15-9(8)12)7-2-6(11)3-14-4-7/h2-5H,1H3,(H,13,17). The normalized spacial score (nSPS) is 10.2.